The van der Waals surface area contributed by atoms with E-state index in [4.69, 9.17) is 14.2 Å². The smallest absolute Gasteiger partial charge is 0.306 e. The molecule has 0 fully saturated rings. The molecule has 0 N–H and O–H groups in total. The minimum absolute atomic E-state index is 0.0934. The van der Waals surface area contributed by atoms with Crippen LogP contribution in [0.3, 0.4) is 0 Å². The monoisotopic (exact) mass is 985 g/mol. The molecule has 0 amide bonds. The second kappa shape index (κ2) is 61.7. The molecule has 1 unspecified atom stereocenters. The standard InChI is InChI=1S/C65H124O5/c1-4-7-10-13-16-19-22-25-28-31-32-33-36-39-42-45-48-51-54-57-60-68-61-63(70-65(67)59-56-53-50-47-44-41-38-35-30-27-24-21-18-15-12-9-6-3)62-69-64(66)58-55-52-49-46-43-40-37-34-29-26-23-20-17-14-11-8-5-2/h16,19,25,28,63H,4-15,17-18,20-24,26-27,29-62H2,1-3H3/b19-16-,28-25-. The topological polar surface area (TPSA) is 61.8 Å². The number of rotatable bonds is 60. The maximum absolute atomic E-state index is 12.9. The lowest BCUT2D eigenvalue weighted by Crippen LogP contribution is -2.30. The third-order valence-corrected chi connectivity index (χ3v) is 14.5. The van der Waals surface area contributed by atoms with Crippen molar-refractivity contribution >= 4 is 11.9 Å². The third-order valence-electron chi connectivity index (χ3n) is 14.5. The summed E-state index contributed by atoms with van der Waals surface area (Å²) in [5, 5.41) is 0. The van der Waals surface area contributed by atoms with Gasteiger partial charge in [-0.05, 0) is 51.4 Å². The third kappa shape index (κ3) is 58.9. The van der Waals surface area contributed by atoms with Gasteiger partial charge in [0, 0.05) is 19.4 Å². The van der Waals surface area contributed by atoms with Crippen molar-refractivity contribution in [3.8, 4) is 0 Å². The van der Waals surface area contributed by atoms with E-state index in [2.05, 4.69) is 45.1 Å². The van der Waals surface area contributed by atoms with Crippen LogP contribution in [0, 0.1) is 0 Å². The Morgan fingerprint density at radius 1 is 0.314 bits per heavy atom. The maximum Gasteiger partial charge on any atom is 0.306 e. The van der Waals surface area contributed by atoms with Gasteiger partial charge >= 0.3 is 11.9 Å². The molecule has 0 aromatic heterocycles. The minimum atomic E-state index is -0.531. The van der Waals surface area contributed by atoms with E-state index in [0.717, 1.165) is 38.5 Å². The summed E-state index contributed by atoms with van der Waals surface area (Å²) in [6, 6.07) is 0. The van der Waals surface area contributed by atoms with Crippen molar-refractivity contribution in [1.82, 2.24) is 0 Å². The SMILES string of the molecule is CCCCC/C=C\C/C=C\CCCCCCCCCCCCOCC(COC(=O)CCCCCCCCCCCCCCCCCCC)OC(=O)CCCCCCCCCCCCCCCCCCC. The first-order chi connectivity index (χ1) is 34.6. The largest absolute Gasteiger partial charge is 0.462 e. The Hall–Kier alpha value is -1.62. The molecule has 0 rings (SSSR count). The highest BCUT2D eigenvalue weighted by Gasteiger charge is 2.18. The van der Waals surface area contributed by atoms with Gasteiger partial charge in [0.1, 0.15) is 6.61 Å². The second-order valence-electron chi connectivity index (χ2n) is 21.7. The zero-order valence-electron chi connectivity index (χ0n) is 47.8. The summed E-state index contributed by atoms with van der Waals surface area (Å²) >= 11 is 0. The van der Waals surface area contributed by atoms with Crippen LogP contribution in [0.1, 0.15) is 355 Å². The summed E-state index contributed by atoms with van der Waals surface area (Å²) in [7, 11) is 0. The van der Waals surface area contributed by atoms with Crippen molar-refractivity contribution in [2.45, 2.75) is 361 Å². The molecule has 5 heteroatoms. The van der Waals surface area contributed by atoms with E-state index in [0.29, 0.717) is 26.1 Å². The Labute approximate surface area is 438 Å². The summed E-state index contributed by atoms with van der Waals surface area (Å²) < 4.78 is 17.6. The fourth-order valence-electron chi connectivity index (χ4n) is 9.72. The fraction of sp³-hybridized carbons (Fsp3) is 0.908. The van der Waals surface area contributed by atoms with Crippen LogP contribution in [-0.4, -0.2) is 37.9 Å². The van der Waals surface area contributed by atoms with Gasteiger partial charge in [-0.2, -0.15) is 0 Å². The Bertz CT molecular complexity index is 1070. The second-order valence-corrected chi connectivity index (χ2v) is 21.7. The first kappa shape index (κ1) is 68.4. The maximum atomic E-state index is 12.9. The van der Waals surface area contributed by atoms with Crippen molar-refractivity contribution < 1.29 is 23.8 Å². The highest BCUT2D eigenvalue weighted by Crippen LogP contribution is 2.18. The number of esters is 2. The fourth-order valence-corrected chi connectivity index (χ4v) is 9.72. The van der Waals surface area contributed by atoms with Gasteiger partial charge in [0.05, 0.1) is 6.61 Å². The van der Waals surface area contributed by atoms with Gasteiger partial charge in [-0.15, -0.1) is 0 Å². The Kier molecular flexibility index (Phi) is 60.3. The Morgan fingerprint density at radius 3 is 0.971 bits per heavy atom. The summed E-state index contributed by atoms with van der Waals surface area (Å²) in [6.07, 6.45) is 75.0. The number of hydrogen-bond acceptors (Lipinski definition) is 5. The van der Waals surface area contributed by atoms with E-state index >= 15 is 0 Å². The normalized spacial score (nSPS) is 12.2. The van der Waals surface area contributed by atoms with Gasteiger partial charge in [0.25, 0.3) is 0 Å². The van der Waals surface area contributed by atoms with Crippen LogP contribution in [0.15, 0.2) is 24.3 Å². The summed E-state index contributed by atoms with van der Waals surface area (Å²) in [5.74, 6) is -0.369. The van der Waals surface area contributed by atoms with Gasteiger partial charge in [0.15, 0.2) is 6.10 Å². The number of ether oxygens (including phenoxy) is 3. The van der Waals surface area contributed by atoms with Gasteiger partial charge in [-0.25, -0.2) is 0 Å². The lowest BCUT2D eigenvalue weighted by molar-refractivity contribution is -0.163. The van der Waals surface area contributed by atoms with E-state index in [9.17, 15) is 9.59 Å². The molecule has 5 nitrogen and oxygen atoms in total. The molecule has 0 radical (unpaired) electrons. The minimum Gasteiger partial charge on any atom is -0.462 e. The number of hydrogen-bond donors (Lipinski definition) is 0. The molecule has 0 bridgehead atoms. The first-order valence-electron chi connectivity index (χ1n) is 31.9. The molecular formula is C65H124O5. The molecule has 0 aliphatic heterocycles. The van der Waals surface area contributed by atoms with E-state index in [1.165, 1.54) is 283 Å². The lowest BCUT2D eigenvalue weighted by atomic mass is 10.0. The van der Waals surface area contributed by atoms with E-state index in [-0.39, 0.29) is 18.5 Å². The quantitative estimate of drug-likeness (QED) is 0.0345. The number of allylic oxidation sites excluding steroid dienone is 4. The highest BCUT2D eigenvalue weighted by molar-refractivity contribution is 5.70. The molecule has 0 aromatic rings. The van der Waals surface area contributed by atoms with E-state index in [1.54, 1.807) is 0 Å². The summed E-state index contributed by atoms with van der Waals surface area (Å²) in [5.41, 5.74) is 0. The molecule has 70 heavy (non-hydrogen) atoms. The van der Waals surface area contributed by atoms with Gasteiger partial charge in [0.2, 0.25) is 0 Å². The first-order valence-corrected chi connectivity index (χ1v) is 31.9. The zero-order chi connectivity index (χ0) is 50.6. The van der Waals surface area contributed by atoms with Crippen LogP contribution in [0.25, 0.3) is 0 Å². The molecule has 0 heterocycles. The molecule has 414 valence electrons. The lowest BCUT2D eigenvalue weighted by Gasteiger charge is -2.18. The molecule has 0 aliphatic carbocycles. The molecule has 0 saturated carbocycles. The molecule has 0 aromatic carbocycles. The Morgan fingerprint density at radius 2 is 0.600 bits per heavy atom. The average molecular weight is 986 g/mol. The van der Waals surface area contributed by atoms with E-state index in [1.807, 2.05) is 0 Å². The van der Waals surface area contributed by atoms with Crippen molar-refractivity contribution in [3.05, 3.63) is 24.3 Å². The summed E-state index contributed by atoms with van der Waals surface area (Å²) in [6.45, 7) is 7.89. The highest BCUT2D eigenvalue weighted by atomic mass is 16.6. The molecule has 0 aliphatic rings. The van der Waals surface area contributed by atoms with Crippen molar-refractivity contribution in [1.29, 1.82) is 0 Å². The Balaban J connectivity index is 4.21. The van der Waals surface area contributed by atoms with Crippen LogP contribution in [0.2, 0.25) is 0 Å². The van der Waals surface area contributed by atoms with Gasteiger partial charge in [-0.1, -0.05) is 315 Å². The number of unbranched alkanes of at least 4 members (excludes halogenated alkanes) is 45. The molecule has 0 saturated heterocycles. The van der Waals surface area contributed by atoms with Crippen molar-refractivity contribution in [2.24, 2.45) is 0 Å². The van der Waals surface area contributed by atoms with E-state index < -0.39 is 6.10 Å². The molecular weight excluding hydrogens is 861 g/mol. The number of carbonyl (C=O) groups is 2. The predicted molar refractivity (Wildman–Crippen MR) is 307 cm³/mol. The zero-order valence-corrected chi connectivity index (χ0v) is 47.8. The average Bonchev–Trinajstić information content (AvgIpc) is 3.36. The van der Waals surface area contributed by atoms with Crippen LogP contribution >= 0.6 is 0 Å². The van der Waals surface area contributed by atoms with Gasteiger partial charge < -0.3 is 14.2 Å². The van der Waals surface area contributed by atoms with Gasteiger partial charge in [-0.3, -0.25) is 9.59 Å². The summed E-state index contributed by atoms with van der Waals surface area (Å²) in [4.78, 5) is 25.6. The predicted octanol–water partition coefficient (Wildman–Crippen LogP) is 21.9. The van der Waals surface area contributed by atoms with Crippen LogP contribution in [-0.2, 0) is 23.8 Å². The van der Waals surface area contributed by atoms with Crippen LogP contribution in [0.5, 0.6) is 0 Å². The molecule has 1 atom stereocenters. The number of carbonyl (C=O) groups excluding carboxylic acids is 2. The molecule has 0 spiro atoms. The van der Waals surface area contributed by atoms with Crippen LogP contribution in [0.4, 0.5) is 0 Å². The van der Waals surface area contributed by atoms with Crippen molar-refractivity contribution in [2.75, 3.05) is 19.8 Å². The van der Waals surface area contributed by atoms with Crippen LogP contribution < -0.4 is 0 Å². The van der Waals surface area contributed by atoms with Crippen molar-refractivity contribution in [3.63, 3.8) is 0 Å².